The van der Waals surface area contributed by atoms with Crippen LogP contribution in [0.3, 0.4) is 0 Å². The first-order valence-corrected chi connectivity index (χ1v) is 8.29. The third-order valence-electron chi connectivity index (χ3n) is 4.95. The van der Waals surface area contributed by atoms with E-state index in [-0.39, 0.29) is 0 Å². The molecule has 0 amide bonds. The number of nitrogens with zero attached hydrogens (tertiary/aromatic N) is 1. The lowest BCUT2D eigenvalue weighted by atomic mass is 9.79. The zero-order valence-corrected chi connectivity index (χ0v) is 13.4. The summed E-state index contributed by atoms with van der Waals surface area (Å²) < 4.78 is 0. The number of para-hydroxylation sites is 1. The van der Waals surface area contributed by atoms with Crippen LogP contribution in [0.15, 0.2) is 84.9 Å². The third-order valence-corrected chi connectivity index (χ3v) is 4.95. The fourth-order valence-electron chi connectivity index (χ4n) is 3.81. The molecule has 0 bridgehead atoms. The van der Waals surface area contributed by atoms with Crippen LogP contribution in [0.2, 0.25) is 0 Å². The zero-order valence-electron chi connectivity index (χ0n) is 13.4. The minimum atomic E-state index is 0.404. The summed E-state index contributed by atoms with van der Waals surface area (Å²) in [6, 6.07) is 31.0. The van der Waals surface area contributed by atoms with Gasteiger partial charge >= 0.3 is 0 Å². The van der Waals surface area contributed by atoms with Gasteiger partial charge < -0.3 is 4.90 Å². The lowest BCUT2D eigenvalue weighted by Gasteiger charge is -2.42. The Hall–Kier alpha value is -2.54. The van der Waals surface area contributed by atoms with Gasteiger partial charge in [0.2, 0.25) is 0 Å². The highest BCUT2D eigenvalue weighted by Gasteiger charge is 2.32. The fourth-order valence-corrected chi connectivity index (χ4v) is 3.81. The van der Waals surface area contributed by atoms with Crippen LogP contribution in [-0.4, -0.2) is 6.04 Å². The summed E-state index contributed by atoms with van der Waals surface area (Å²) in [7, 11) is 0. The van der Waals surface area contributed by atoms with Gasteiger partial charge in [0.05, 0.1) is 0 Å². The average molecular weight is 299 g/mol. The second-order valence-electron chi connectivity index (χ2n) is 6.29. The van der Waals surface area contributed by atoms with E-state index in [0.29, 0.717) is 12.0 Å². The van der Waals surface area contributed by atoms with Crippen molar-refractivity contribution >= 4 is 5.69 Å². The van der Waals surface area contributed by atoms with Crippen LogP contribution in [0.5, 0.6) is 0 Å². The van der Waals surface area contributed by atoms with Gasteiger partial charge in [-0.1, -0.05) is 72.8 Å². The minimum Gasteiger partial charge on any atom is -0.364 e. The van der Waals surface area contributed by atoms with Crippen LogP contribution < -0.4 is 4.90 Å². The van der Waals surface area contributed by atoms with E-state index in [1.807, 2.05) is 0 Å². The zero-order chi connectivity index (χ0) is 15.6. The number of benzene rings is 3. The van der Waals surface area contributed by atoms with Crippen LogP contribution in [0.1, 0.15) is 29.5 Å². The maximum Gasteiger partial charge on any atom is 0.0435 e. The molecule has 0 spiro atoms. The van der Waals surface area contributed by atoms with Crippen LogP contribution in [-0.2, 0) is 6.54 Å². The summed E-state index contributed by atoms with van der Waals surface area (Å²) >= 11 is 0. The van der Waals surface area contributed by atoms with Crippen molar-refractivity contribution < 1.29 is 0 Å². The van der Waals surface area contributed by atoms with E-state index in [4.69, 9.17) is 0 Å². The second-order valence-corrected chi connectivity index (χ2v) is 6.29. The summed E-state index contributed by atoms with van der Waals surface area (Å²) in [5, 5.41) is 0. The van der Waals surface area contributed by atoms with Crippen LogP contribution in [0, 0.1) is 0 Å². The van der Waals surface area contributed by atoms with Gasteiger partial charge in [-0.3, -0.25) is 0 Å². The van der Waals surface area contributed by atoms with Crippen molar-refractivity contribution in [1.29, 1.82) is 0 Å². The Kier molecular flexibility index (Phi) is 3.63. The van der Waals surface area contributed by atoms with Gasteiger partial charge in [0.15, 0.2) is 0 Å². The summed E-state index contributed by atoms with van der Waals surface area (Å²) in [4.78, 5) is 2.53. The van der Waals surface area contributed by atoms with E-state index >= 15 is 0 Å². The van der Waals surface area contributed by atoms with E-state index in [1.165, 1.54) is 22.4 Å². The first-order chi connectivity index (χ1) is 11.3. The average Bonchev–Trinajstić information content (AvgIpc) is 2.63. The van der Waals surface area contributed by atoms with E-state index in [0.717, 1.165) is 6.54 Å². The maximum absolute atomic E-state index is 2.53. The Morgan fingerprint density at radius 2 is 1.35 bits per heavy atom. The predicted octanol–water partition coefficient (Wildman–Crippen LogP) is 5.23. The maximum atomic E-state index is 2.53. The van der Waals surface area contributed by atoms with E-state index in [1.54, 1.807) is 0 Å². The van der Waals surface area contributed by atoms with Crippen LogP contribution in [0.4, 0.5) is 5.69 Å². The van der Waals surface area contributed by atoms with Gasteiger partial charge in [0.25, 0.3) is 0 Å². The SMILES string of the molecule is CC1C(c2ccccc2)c2ccccc2CN1c1ccccc1. The highest BCUT2D eigenvalue weighted by molar-refractivity contribution is 5.54. The van der Waals surface area contributed by atoms with Gasteiger partial charge in [-0.25, -0.2) is 0 Å². The minimum absolute atomic E-state index is 0.404. The topological polar surface area (TPSA) is 3.24 Å². The van der Waals surface area contributed by atoms with Gasteiger partial charge in [-0.15, -0.1) is 0 Å². The Morgan fingerprint density at radius 1 is 0.739 bits per heavy atom. The Bertz CT molecular complexity index is 779. The summed E-state index contributed by atoms with van der Waals surface area (Å²) in [5.74, 6) is 0.404. The van der Waals surface area contributed by atoms with Gasteiger partial charge in [-0.05, 0) is 35.7 Å². The third kappa shape index (κ3) is 2.53. The molecule has 0 saturated carbocycles. The smallest absolute Gasteiger partial charge is 0.0435 e. The molecular weight excluding hydrogens is 278 g/mol. The van der Waals surface area contributed by atoms with Gasteiger partial charge in [-0.2, -0.15) is 0 Å². The van der Waals surface area contributed by atoms with Crippen molar-refractivity contribution in [3.8, 4) is 0 Å². The number of hydrogen-bond acceptors (Lipinski definition) is 1. The molecule has 2 unspecified atom stereocenters. The number of rotatable bonds is 2. The lowest BCUT2D eigenvalue weighted by Crippen LogP contribution is -2.42. The largest absolute Gasteiger partial charge is 0.364 e. The molecule has 4 rings (SSSR count). The van der Waals surface area contributed by atoms with Gasteiger partial charge in [0.1, 0.15) is 0 Å². The molecule has 3 aromatic rings. The fraction of sp³-hybridized carbons (Fsp3) is 0.182. The molecular formula is C22H21N. The van der Waals surface area contributed by atoms with Gasteiger partial charge in [0, 0.05) is 24.2 Å². The molecule has 0 saturated heterocycles. The lowest BCUT2D eigenvalue weighted by molar-refractivity contribution is 0.535. The first-order valence-electron chi connectivity index (χ1n) is 8.29. The summed E-state index contributed by atoms with van der Waals surface area (Å²) in [6.07, 6.45) is 0. The monoisotopic (exact) mass is 299 g/mol. The molecule has 0 aliphatic carbocycles. The molecule has 0 aromatic heterocycles. The van der Waals surface area contributed by atoms with E-state index < -0.39 is 0 Å². The van der Waals surface area contributed by atoms with E-state index in [2.05, 4.69) is 96.8 Å². The van der Waals surface area contributed by atoms with Crippen molar-refractivity contribution in [2.45, 2.75) is 25.4 Å². The molecule has 3 aromatic carbocycles. The summed E-state index contributed by atoms with van der Waals surface area (Å²) in [5.41, 5.74) is 5.60. The van der Waals surface area contributed by atoms with Crippen molar-refractivity contribution in [3.63, 3.8) is 0 Å². The van der Waals surface area contributed by atoms with Crippen LogP contribution >= 0.6 is 0 Å². The predicted molar refractivity (Wildman–Crippen MR) is 96.8 cm³/mol. The van der Waals surface area contributed by atoms with E-state index in [9.17, 15) is 0 Å². The summed E-state index contributed by atoms with van der Waals surface area (Å²) in [6.45, 7) is 3.32. The first kappa shape index (κ1) is 14.1. The van der Waals surface area contributed by atoms with Crippen molar-refractivity contribution in [3.05, 3.63) is 102 Å². The Morgan fingerprint density at radius 3 is 2.09 bits per heavy atom. The van der Waals surface area contributed by atoms with Crippen molar-refractivity contribution in [1.82, 2.24) is 0 Å². The molecule has 1 heteroatoms. The van der Waals surface area contributed by atoms with Crippen LogP contribution in [0.25, 0.3) is 0 Å². The normalized spacial score (nSPS) is 20.1. The molecule has 0 radical (unpaired) electrons. The second kappa shape index (κ2) is 5.92. The molecule has 1 aliphatic rings. The Labute approximate surface area is 138 Å². The molecule has 0 fully saturated rings. The molecule has 1 aliphatic heterocycles. The Balaban J connectivity index is 1.83. The number of hydrogen-bond donors (Lipinski definition) is 0. The van der Waals surface area contributed by atoms with Crippen molar-refractivity contribution in [2.24, 2.45) is 0 Å². The number of fused-ring (bicyclic) bond motifs is 1. The molecule has 1 heterocycles. The molecule has 23 heavy (non-hydrogen) atoms. The molecule has 2 atom stereocenters. The highest BCUT2D eigenvalue weighted by atomic mass is 15.2. The molecule has 0 N–H and O–H groups in total. The molecule has 1 nitrogen and oxygen atoms in total. The highest BCUT2D eigenvalue weighted by Crippen LogP contribution is 2.39. The molecule has 114 valence electrons. The standard InChI is InChI=1S/C22H21N/c1-17-22(18-10-4-2-5-11-18)21-15-9-8-12-19(21)16-23(17)20-13-6-3-7-14-20/h2-15,17,22H,16H2,1H3. The van der Waals surface area contributed by atoms with Crippen molar-refractivity contribution in [2.75, 3.05) is 4.90 Å². The number of anilines is 1. The quantitative estimate of drug-likeness (QED) is 0.626.